The molecule has 0 saturated carbocycles. The van der Waals surface area contributed by atoms with Crippen molar-refractivity contribution < 1.29 is 23.9 Å². The average Bonchev–Trinajstić information content (AvgIpc) is 3.32. The summed E-state index contributed by atoms with van der Waals surface area (Å²) in [5.74, 6) is -0.787. The first-order valence-corrected chi connectivity index (χ1v) is 12.9. The van der Waals surface area contributed by atoms with Crippen LogP contribution in [0.1, 0.15) is 28.2 Å². The quantitative estimate of drug-likeness (QED) is 0.276. The lowest BCUT2D eigenvalue weighted by atomic mass is 9.64. The Morgan fingerprint density at radius 2 is 1.76 bits per heavy atom. The van der Waals surface area contributed by atoms with Crippen LogP contribution in [0.2, 0.25) is 0 Å². The van der Waals surface area contributed by atoms with Gasteiger partial charge in [-0.15, -0.1) is 11.8 Å². The predicted molar refractivity (Wildman–Crippen MR) is 144 cm³/mol. The standard InChI is InChI=1S/C28H28N4O5S/c1-14-12-16(37-15-6-4-3-5-7-15)8-9-17(14)28(31)18-10-11-19(29)24-21(18)22(23(30)26(28)34)25(38-24)27(35)32-13-20(33)36-2/h3-12,22-23,25H,13,29-31H2,1-2H3,(H,32,35). The Morgan fingerprint density at radius 3 is 2.45 bits per heavy atom. The molecule has 3 aromatic carbocycles. The molecule has 5 rings (SSSR count). The maximum atomic E-state index is 14.0. The summed E-state index contributed by atoms with van der Waals surface area (Å²) in [6, 6.07) is 17.1. The van der Waals surface area contributed by atoms with Gasteiger partial charge in [0.05, 0.1) is 18.4 Å². The van der Waals surface area contributed by atoms with Crippen LogP contribution < -0.4 is 27.3 Å². The Hall–Kier alpha value is -3.86. The summed E-state index contributed by atoms with van der Waals surface area (Å²) in [6.07, 6.45) is 0. The van der Waals surface area contributed by atoms with Gasteiger partial charge >= 0.3 is 5.97 Å². The Balaban J connectivity index is 1.55. The number of Topliss-reactive ketones (excluding diaryl/α,β-unsaturated/α-hetero) is 1. The number of carbonyl (C=O) groups is 3. The summed E-state index contributed by atoms with van der Waals surface area (Å²) in [5.41, 5.74) is 21.4. The van der Waals surface area contributed by atoms with Crippen LogP contribution in [-0.4, -0.2) is 42.6 Å². The molecule has 0 bridgehead atoms. The van der Waals surface area contributed by atoms with Crippen molar-refractivity contribution in [2.24, 2.45) is 11.5 Å². The maximum absolute atomic E-state index is 14.0. The molecule has 1 aliphatic carbocycles. The zero-order valence-electron chi connectivity index (χ0n) is 20.9. The molecule has 4 unspecified atom stereocenters. The van der Waals surface area contributed by atoms with Gasteiger partial charge in [0.15, 0.2) is 5.78 Å². The molecule has 0 fully saturated rings. The largest absolute Gasteiger partial charge is 0.468 e. The Labute approximate surface area is 224 Å². The van der Waals surface area contributed by atoms with Crippen LogP contribution in [0.5, 0.6) is 11.5 Å². The van der Waals surface area contributed by atoms with E-state index in [-0.39, 0.29) is 6.54 Å². The SMILES string of the molecule is COC(=O)CNC(=O)C1Sc2c(N)ccc3c2C1C(N)C(=O)C3(N)c1ccc(Oc2ccccc2)cc1C. The number of ketones is 1. The van der Waals surface area contributed by atoms with Gasteiger partial charge in [-0.1, -0.05) is 30.3 Å². The lowest BCUT2D eigenvalue weighted by Crippen LogP contribution is -2.60. The number of rotatable bonds is 6. The summed E-state index contributed by atoms with van der Waals surface area (Å²) in [4.78, 5) is 39.3. The lowest BCUT2D eigenvalue weighted by molar-refractivity contribution is -0.141. The number of amides is 1. The normalized spacial score (nSPS) is 23.5. The van der Waals surface area contributed by atoms with Crippen molar-refractivity contribution in [3.05, 3.63) is 82.9 Å². The first kappa shape index (κ1) is 25.8. The molecule has 9 nitrogen and oxygen atoms in total. The number of nitrogens with two attached hydrogens (primary N) is 3. The van der Waals surface area contributed by atoms with Gasteiger partial charge in [0.1, 0.15) is 23.6 Å². The van der Waals surface area contributed by atoms with Crippen molar-refractivity contribution in [3.8, 4) is 11.5 Å². The van der Waals surface area contributed by atoms with Crippen LogP contribution in [0, 0.1) is 6.92 Å². The van der Waals surface area contributed by atoms with Crippen molar-refractivity contribution in [2.75, 3.05) is 19.4 Å². The molecule has 0 radical (unpaired) electrons. The molecule has 0 aromatic heterocycles. The summed E-state index contributed by atoms with van der Waals surface area (Å²) in [6.45, 7) is 1.57. The minimum absolute atomic E-state index is 0.293. The predicted octanol–water partition coefficient (Wildman–Crippen LogP) is 2.33. The zero-order chi connectivity index (χ0) is 27.2. The highest BCUT2D eigenvalue weighted by molar-refractivity contribution is 8.01. The van der Waals surface area contributed by atoms with E-state index in [1.54, 1.807) is 24.3 Å². The van der Waals surface area contributed by atoms with Crippen molar-refractivity contribution in [2.45, 2.75) is 34.6 Å². The van der Waals surface area contributed by atoms with E-state index in [4.69, 9.17) is 21.9 Å². The van der Waals surface area contributed by atoms with Crippen molar-refractivity contribution in [3.63, 3.8) is 0 Å². The van der Waals surface area contributed by atoms with Gasteiger partial charge in [-0.3, -0.25) is 14.4 Å². The fraction of sp³-hybridized carbons (Fsp3) is 0.250. The maximum Gasteiger partial charge on any atom is 0.325 e. The molecule has 4 atom stereocenters. The number of hydrogen-bond acceptors (Lipinski definition) is 9. The number of aryl methyl sites for hydroxylation is 1. The zero-order valence-corrected chi connectivity index (χ0v) is 21.7. The topological polar surface area (TPSA) is 160 Å². The van der Waals surface area contributed by atoms with Crippen molar-refractivity contribution in [1.82, 2.24) is 5.32 Å². The number of esters is 1. The number of nitrogens with one attached hydrogen (secondary N) is 1. The van der Waals surface area contributed by atoms with Gasteiger partial charge in [-0.05, 0) is 59.5 Å². The van der Waals surface area contributed by atoms with Gasteiger partial charge in [0.25, 0.3) is 0 Å². The minimum Gasteiger partial charge on any atom is -0.468 e. The molecule has 0 spiro atoms. The van der Waals surface area contributed by atoms with E-state index in [9.17, 15) is 14.4 Å². The second-order valence-electron chi connectivity index (χ2n) is 9.39. The summed E-state index contributed by atoms with van der Waals surface area (Å²) < 4.78 is 10.6. The third-order valence-electron chi connectivity index (χ3n) is 7.13. The average molecular weight is 533 g/mol. The molecule has 1 amide bonds. The molecule has 1 heterocycles. The fourth-order valence-corrected chi connectivity index (χ4v) is 6.77. The molecule has 10 heteroatoms. The smallest absolute Gasteiger partial charge is 0.325 e. The fourth-order valence-electron chi connectivity index (χ4n) is 5.29. The molecule has 2 aliphatic rings. The number of methoxy groups -OCH3 is 1. The van der Waals surface area contributed by atoms with Crippen LogP contribution >= 0.6 is 11.8 Å². The second kappa shape index (κ2) is 9.79. The molecule has 196 valence electrons. The number of anilines is 1. The summed E-state index contributed by atoms with van der Waals surface area (Å²) in [7, 11) is 1.24. The number of nitrogen functional groups attached to an aromatic ring is 1. The Bertz CT molecular complexity index is 1450. The number of hydrogen-bond donors (Lipinski definition) is 4. The molecular weight excluding hydrogens is 504 g/mol. The summed E-state index contributed by atoms with van der Waals surface area (Å²) >= 11 is 1.23. The van der Waals surface area contributed by atoms with Crippen LogP contribution in [-0.2, 0) is 24.7 Å². The van der Waals surface area contributed by atoms with E-state index in [1.165, 1.54) is 18.9 Å². The molecule has 3 aromatic rings. The van der Waals surface area contributed by atoms with E-state index >= 15 is 0 Å². The van der Waals surface area contributed by atoms with Crippen molar-refractivity contribution in [1.29, 1.82) is 0 Å². The summed E-state index contributed by atoms with van der Waals surface area (Å²) in [5, 5.41) is 1.81. The molecular formula is C28H28N4O5S. The first-order chi connectivity index (χ1) is 18.2. The van der Waals surface area contributed by atoms with Gasteiger partial charge in [-0.2, -0.15) is 0 Å². The Kier molecular flexibility index (Phi) is 6.64. The lowest BCUT2D eigenvalue weighted by Gasteiger charge is -2.42. The molecule has 0 saturated heterocycles. The van der Waals surface area contributed by atoms with Gasteiger partial charge in [0, 0.05) is 16.5 Å². The van der Waals surface area contributed by atoms with E-state index < -0.39 is 40.4 Å². The first-order valence-electron chi connectivity index (χ1n) is 12.0. The molecule has 7 N–H and O–H groups in total. The highest BCUT2D eigenvalue weighted by atomic mass is 32.2. The van der Waals surface area contributed by atoms with Gasteiger partial charge in [-0.25, -0.2) is 0 Å². The van der Waals surface area contributed by atoms with Crippen LogP contribution in [0.3, 0.4) is 0 Å². The number of ether oxygens (including phenoxy) is 2. The van der Waals surface area contributed by atoms with Crippen LogP contribution in [0.25, 0.3) is 0 Å². The molecule has 38 heavy (non-hydrogen) atoms. The van der Waals surface area contributed by atoms with E-state index in [1.807, 2.05) is 43.3 Å². The van der Waals surface area contributed by atoms with Crippen LogP contribution in [0.15, 0.2) is 65.6 Å². The third-order valence-corrected chi connectivity index (χ3v) is 8.58. The highest BCUT2D eigenvalue weighted by Crippen LogP contribution is 2.56. The van der Waals surface area contributed by atoms with Gasteiger partial charge < -0.3 is 32.0 Å². The number of benzene rings is 3. The third kappa shape index (κ3) is 4.10. The second-order valence-corrected chi connectivity index (χ2v) is 10.5. The number of para-hydroxylation sites is 1. The van der Waals surface area contributed by atoms with E-state index in [0.717, 1.165) is 5.56 Å². The van der Waals surface area contributed by atoms with E-state index in [0.29, 0.717) is 38.8 Å². The monoisotopic (exact) mass is 532 g/mol. The number of carbonyl (C=O) groups excluding carboxylic acids is 3. The Morgan fingerprint density at radius 1 is 1.05 bits per heavy atom. The van der Waals surface area contributed by atoms with Gasteiger partial charge in [0.2, 0.25) is 5.91 Å². The number of thioether (sulfide) groups is 1. The van der Waals surface area contributed by atoms with E-state index in [2.05, 4.69) is 10.1 Å². The van der Waals surface area contributed by atoms with Crippen molar-refractivity contribution >= 4 is 35.1 Å². The van der Waals surface area contributed by atoms with Crippen LogP contribution in [0.4, 0.5) is 5.69 Å². The molecule has 1 aliphatic heterocycles. The highest BCUT2D eigenvalue weighted by Gasteiger charge is 2.56. The minimum atomic E-state index is -1.55.